The molecular formula is C13H27O3P. The second-order valence-electron chi connectivity index (χ2n) is 5.07. The molecule has 0 aliphatic heterocycles. The van der Waals surface area contributed by atoms with E-state index in [2.05, 4.69) is 18.4 Å². The fourth-order valence-electron chi connectivity index (χ4n) is 1.85. The molecule has 0 aromatic carbocycles. The highest BCUT2D eigenvalue weighted by molar-refractivity contribution is 7.30. The molecule has 0 aromatic rings. The van der Waals surface area contributed by atoms with Gasteiger partial charge in [0.1, 0.15) is 6.61 Å². The maximum absolute atomic E-state index is 10.1. The summed E-state index contributed by atoms with van der Waals surface area (Å²) in [5, 5.41) is 0. The maximum atomic E-state index is 10.1. The molecule has 0 saturated heterocycles. The molecule has 0 radical (unpaired) electrons. The van der Waals surface area contributed by atoms with Crippen molar-refractivity contribution in [3.05, 3.63) is 0 Å². The van der Waals surface area contributed by atoms with E-state index in [4.69, 9.17) is 0 Å². The van der Waals surface area contributed by atoms with E-state index in [1.807, 2.05) is 0 Å². The molecule has 102 valence electrons. The van der Waals surface area contributed by atoms with Gasteiger partial charge in [-0.15, -0.1) is 4.52 Å². The summed E-state index contributed by atoms with van der Waals surface area (Å²) in [6, 6.07) is 0. The Morgan fingerprint density at radius 3 is 1.88 bits per heavy atom. The molecule has 0 N–H and O–H groups in total. The molecule has 1 unspecified atom stereocenters. The highest BCUT2D eigenvalue weighted by Crippen LogP contribution is 2.14. The van der Waals surface area contributed by atoms with Crippen LogP contribution in [0, 0.1) is 5.92 Å². The summed E-state index contributed by atoms with van der Waals surface area (Å²) in [4.78, 5) is 10.1. The molecule has 4 heteroatoms. The average Bonchev–Trinajstić information content (AvgIpc) is 2.25. The molecule has 0 aliphatic carbocycles. The summed E-state index contributed by atoms with van der Waals surface area (Å²) in [5.74, 6) is 0.836. The summed E-state index contributed by atoms with van der Waals surface area (Å²) >= 11 is 0. The summed E-state index contributed by atoms with van der Waals surface area (Å²) in [6.07, 6.45) is 11.1. The molecule has 17 heavy (non-hydrogen) atoms. The van der Waals surface area contributed by atoms with Crippen LogP contribution in [0.15, 0.2) is 0 Å². The number of rotatable bonds is 12. The molecular weight excluding hydrogens is 235 g/mol. The van der Waals surface area contributed by atoms with Crippen molar-refractivity contribution in [1.29, 1.82) is 0 Å². The van der Waals surface area contributed by atoms with Gasteiger partial charge < -0.3 is 4.89 Å². The van der Waals surface area contributed by atoms with Crippen LogP contribution in [-0.4, -0.2) is 6.61 Å². The van der Waals surface area contributed by atoms with Crippen LogP contribution in [0.4, 0.5) is 0 Å². The first-order chi connectivity index (χ1) is 8.13. The molecule has 0 spiro atoms. The first kappa shape index (κ1) is 17.0. The largest absolute Gasteiger partial charge is 0.566 e. The fraction of sp³-hybridized carbons (Fsp3) is 1.00. The van der Waals surface area contributed by atoms with Crippen molar-refractivity contribution in [2.75, 3.05) is 6.61 Å². The Bertz CT molecular complexity index is 184. The quantitative estimate of drug-likeness (QED) is 0.391. The van der Waals surface area contributed by atoms with Gasteiger partial charge in [0.15, 0.2) is 0 Å². The third kappa shape index (κ3) is 16.0. The summed E-state index contributed by atoms with van der Waals surface area (Å²) in [6.45, 7) is 4.91. The van der Waals surface area contributed by atoms with E-state index in [0.29, 0.717) is 6.61 Å². The lowest BCUT2D eigenvalue weighted by Crippen LogP contribution is -1.94. The van der Waals surface area contributed by atoms with E-state index in [0.717, 1.165) is 18.8 Å². The van der Waals surface area contributed by atoms with E-state index in [9.17, 15) is 9.46 Å². The fourth-order valence-corrected chi connectivity index (χ4v) is 2.13. The lowest BCUT2D eigenvalue weighted by atomic mass is 10.0. The van der Waals surface area contributed by atoms with E-state index in [1.54, 1.807) is 0 Å². The predicted octanol–water partition coefficient (Wildman–Crippen LogP) is 4.19. The van der Waals surface area contributed by atoms with Gasteiger partial charge in [-0.3, -0.25) is 0 Å². The normalized spacial score (nSPS) is 12.1. The van der Waals surface area contributed by atoms with Gasteiger partial charge in [0, 0.05) is 0 Å². The molecule has 0 saturated carbocycles. The van der Waals surface area contributed by atoms with Crippen LogP contribution in [0.1, 0.15) is 71.6 Å². The first-order valence-corrected chi connectivity index (χ1v) is 7.99. The van der Waals surface area contributed by atoms with Gasteiger partial charge in [0.05, 0.1) is 0 Å². The second kappa shape index (κ2) is 12.5. The second-order valence-corrected chi connectivity index (χ2v) is 5.77. The summed E-state index contributed by atoms with van der Waals surface area (Å²) < 4.78 is 14.6. The molecule has 0 aliphatic rings. The smallest absolute Gasteiger partial charge is 0.488 e. The summed E-state index contributed by atoms with van der Waals surface area (Å²) in [5.41, 5.74) is 0. The zero-order chi connectivity index (χ0) is 12.9. The van der Waals surface area contributed by atoms with Gasteiger partial charge >= 0.3 is 8.25 Å². The zero-order valence-electron chi connectivity index (χ0n) is 11.3. The Labute approximate surface area is 107 Å². The van der Waals surface area contributed by atoms with Gasteiger partial charge in [0.25, 0.3) is 0 Å². The van der Waals surface area contributed by atoms with Gasteiger partial charge in [0.2, 0.25) is 0 Å². The standard InChI is InChI=1S/C13H27O3P/c1-13(2)11-9-7-5-3-4-6-8-10-12-16-17(14)15/h13H,3-12H2,1-2H3. The van der Waals surface area contributed by atoms with Crippen molar-refractivity contribution in [2.24, 2.45) is 5.92 Å². The van der Waals surface area contributed by atoms with Gasteiger partial charge in [-0.25, -0.2) is 0 Å². The molecule has 0 bridgehead atoms. The van der Waals surface area contributed by atoms with Crippen LogP contribution >= 0.6 is 8.25 Å². The van der Waals surface area contributed by atoms with E-state index in [-0.39, 0.29) is 0 Å². The van der Waals surface area contributed by atoms with Crippen LogP contribution < -0.4 is 4.89 Å². The molecule has 0 amide bonds. The highest BCUT2D eigenvalue weighted by atomic mass is 31.1. The minimum atomic E-state index is -2.64. The van der Waals surface area contributed by atoms with Crippen molar-refractivity contribution >= 4 is 8.25 Å². The van der Waals surface area contributed by atoms with Crippen molar-refractivity contribution < 1.29 is 14.0 Å². The molecule has 3 nitrogen and oxygen atoms in total. The minimum absolute atomic E-state index is 0.354. The van der Waals surface area contributed by atoms with Crippen LogP contribution in [-0.2, 0) is 9.09 Å². The zero-order valence-corrected chi connectivity index (χ0v) is 12.2. The first-order valence-electron chi connectivity index (χ1n) is 6.90. The van der Waals surface area contributed by atoms with Crippen molar-refractivity contribution in [3.8, 4) is 0 Å². The Morgan fingerprint density at radius 2 is 1.41 bits per heavy atom. The van der Waals surface area contributed by atoms with Crippen LogP contribution in [0.2, 0.25) is 0 Å². The van der Waals surface area contributed by atoms with Gasteiger partial charge in [-0.1, -0.05) is 65.2 Å². The monoisotopic (exact) mass is 262 g/mol. The minimum Gasteiger partial charge on any atom is -0.566 e. The molecule has 0 fully saturated rings. The lowest BCUT2D eigenvalue weighted by molar-refractivity contribution is -0.185. The Balaban J connectivity index is 2.96. The van der Waals surface area contributed by atoms with E-state index < -0.39 is 8.25 Å². The van der Waals surface area contributed by atoms with Crippen molar-refractivity contribution in [1.82, 2.24) is 0 Å². The van der Waals surface area contributed by atoms with Crippen LogP contribution in [0.3, 0.4) is 0 Å². The maximum Gasteiger partial charge on any atom is 0.488 e. The third-order valence-electron chi connectivity index (χ3n) is 2.87. The number of hydrogen-bond donors (Lipinski definition) is 0. The Morgan fingerprint density at radius 1 is 0.941 bits per heavy atom. The van der Waals surface area contributed by atoms with E-state index >= 15 is 0 Å². The third-order valence-corrected chi connectivity index (χ3v) is 3.27. The molecule has 1 atom stereocenters. The average molecular weight is 262 g/mol. The predicted molar refractivity (Wildman–Crippen MR) is 69.9 cm³/mol. The van der Waals surface area contributed by atoms with Crippen molar-refractivity contribution in [3.63, 3.8) is 0 Å². The number of hydrogen-bond acceptors (Lipinski definition) is 3. The SMILES string of the molecule is CC(C)CCCCCCCCCCO[P+](=O)[O-]. The highest BCUT2D eigenvalue weighted by Gasteiger charge is 2.00. The molecule has 0 rings (SSSR count). The summed E-state index contributed by atoms with van der Waals surface area (Å²) in [7, 11) is -2.64. The van der Waals surface area contributed by atoms with Crippen LogP contribution in [0.25, 0.3) is 0 Å². The molecule has 0 heterocycles. The molecule has 0 aromatic heterocycles. The van der Waals surface area contributed by atoms with E-state index in [1.165, 1.54) is 44.9 Å². The van der Waals surface area contributed by atoms with Crippen LogP contribution in [0.5, 0.6) is 0 Å². The Kier molecular flexibility index (Phi) is 12.5. The lowest BCUT2D eigenvalue weighted by Gasteiger charge is -2.04. The van der Waals surface area contributed by atoms with Gasteiger partial charge in [-0.05, 0) is 16.9 Å². The number of unbranched alkanes of at least 4 members (excludes halogenated alkanes) is 7. The van der Waals surface area contributed by atoms with Gasteiger partial charge in [-0.2, -0.15) is 0 Å². The topological polar surface area (TPSA) is 49.4 Å². The van der Waals surface area contributed by atoms with Crippen molar-refractivity contribution in [2.45, 2.75) is 71.6 Å². The Hall–Kier alpha value is 0.0200.